The van der Waals surface area contributed by atoms with Crippen LogP contribution in [0.25, 0.3) is 5.69 Å². The first-order valence-corrected chi connectivity index (χ1v) is 7.11. The molecule has 1 aromatic carbocycles. The Morgan fingerprint density at radius 3 is 2.92 bits per heavy atom. The summed E-state index contributed by atoms with van der Waals surface area (Å²) in [5.41, 5.74) is 0.820. The maximum absolute atomic E-state index is 14.1. The maximum Gasteiger partial charge on any atom is 0.226 e. The topological polar surface area (TPSA) is 68.2 Å². The third-order valence-electron chi connectivity index (χ3n) is 3.44. The van der Waals surface area contributed by atoms with Crippen LogP contribution in [0.1, 0.15) is 6.42 Å². The van der Waals surface area contributed by atoms with E-state index in [0.717, 1.165) is 6.54 Å². The van der Waals surface area contributed by atoms with Crippen molar-refractivity contribution in [2.75, 3.05) is 25.1 Å². The number of benzene rings is 1. The average Bonchev–Trinajstić information content (AvgIpc) is 3.02. The van der Waals surface area contributed by atoms with Gasteiger partial charge in [-0.05, 0) is 18.2 Å². The third kappa shape index (κ3) is 5.17. The predicted molar refractivity (Wildman–Crippen MR) is 93.9 cm³/mol. The summed E-state index contributed by atoms with van der Waals surface area (Å²) in [5, 5.41) is 5.91. The van der Waals surface area contributed by atoms with Crippen LogP contribution in [0.4, 0.5) is 10.1 Å². The van der Waals surface area contributed by atoms with E-state index in [9.17, 15) is 9.18 Å². The molecular weight excluding hydrogens is 358 g/mol. The molecule has 1 atom stereocenters. The molecule has 2 heterocycles. The van der Waals surface area contributed by atoms with E-state index in [1.54, 1.807) is 29.1 Å². The van der Waals surface area contributed by atoms with Crippen molar-refractivity contribution < 1.29 is 13.9 Å². The van der Waals surface area contributed by atoms with E-state index in [-0.39, 0.29) is 36.8 Å². The Bertz CT molecular complexity index is 649. The Morgan fingerprint density at radius 2 is 2.29 bits per heavy atom. The summed E-state index contributed by atoms with van der Waals surface area (Å²) in [4.78, 5) is 15.8. The van der Waals surface area contributed by atoms with Crippen LogP contribution in [0.15, 0.2) is 36.9 Å². The second kappa shape index (κ2) is 9.58. The first-order valence-electron chi connectivity index (χ1n) is 7.11. The molecule has 1 amide bonds. The summed E-state index contributed by atoms with van der Waals surface area (Å²) in [7, 11) is 0. The van der Waals surface area contributed by atoms with Gasteiger partial charge in [0.25, 0.3) is 0 Å². The molecule has 0 spiro atoms. The Balaban J connectivity index is 0.00000144. The number of amides is 1. The standard InChI is InChI=1S/C15H17FN4O2.2ClH/c16-13-7-11(1-2-14(13)20-5-3-17-10-20)19-15(21)8-12-9-22-6-4-18-12;;/h1-3,5,7,10,12,18H,4,6,8-9H2,(H,19,21);2*1H. The van der Waals surface area contributed by atoms with Gasteiger partial charge in [-0.2, -0.15) is 0 Å². The van der Waals surface area contributed by atoms with Crippen molar-refractivity contribution >= 4 is 36.4 Å². The van der Waals surface area contributed by atoms with Gasteiger partial charge in [-0.15, -0.1) is 24.8 Å². The molecule has 9 heteroatoms. The first kappa shape index (κ1) is 20.4. The molecule has 1 unspecified atom stereocenters. The molecule has 0 aliphatic carbocycles. The number of nitrogens with one attached hydrogen (secondary N) is 2. The second-order valence-corrected chi connectivity index (χ2v) is 5.11. The van der Waals surface area contributed by atoms with E-state index >= 15 is 0 Å². The minimum atomic E-state index is -0.421. The van der Waals surface area contributed by atoms with Crippen LogP contribution in [0.5, 0.6) is 0 Å². The molecule has 2 aromatic rings. The number of hydrogen-bond acceptors (Lipinski definition) is 4. The molecule has 0 bridgehead atoms. The van der Waals surface area contributed by atoms with Crippen LogP contribution < -0.4 is 10.6 Å². The molecule has 2 N–H and O–H groups in total. The molecule has 0 radical (unpaired) electrons. The maximum atomic E-state index is 14.1. The van der Waals surface area contributed by atoms with Gasteiger partial charge < -0.3 is 19.9 Å². The lowest BCUT2D eigenvalue weighted by Gasteiger charge is -2.23. The number of rotatable bonds is 4. The van der Waals surface area contributed by atoms with Crippen LogP contribution in [-0.2, 0) is 9.53 Å². The Morgan fingerprint density at radius 1 is 1.46 bits per heavy atom. The lowest BCUT2D eigenvalue weighted by molar-refractivity contribution is -0.117. The molecule has 1 saturated heterocycles. The Kier molecular flexibility index (Phi) is 8.14. The van der Waals surface area contributed by atoms with Crippen molar-refractivity contribution in [3.8, 4) is 5.69 Å². The van der Waals surface area contributed by atoms with Crippen LogP contribution in [0.3, 0.4) is 0 Å². The van der Waals surface area contributed by atoms with E-state index in [1.165, 1.54) is 12.4 Å². The van der Waals surface area contributed by atoms with E-state index in [1.807, 2.05) is 0 Å². The zero-order chi connectivity index (χ0) is 15.4. The minimum Gasteiger partial charge on any atom is -0.378 e. The first-order chi connectivity index (χ1) is 10.7. The van der Waals surface area contributed by atoms with Gasteiger partial charge in [0.15, 0.2) is 0 Å². The third-order valence-corrected chi connectivity index (χ3v) is 3.44. The van der Waals surface area contributed by atoms with Gasteiger partial charge in [-0.3, -0.25) is 4.79 Å². The van der Waals surface area contributed by atoms with E-state index in [0.29, 0.717) is 31.0 Å². The highest BCUT2D eigenvalue weighted by atomic mass is 35.5. The summed E-state index contributed by atoms with van der Waals surface area (Å²) in [5.74, 6) is -0.590. The van der Waals surface area contributed by atoms with Crippen molar-refractivity contribution in [3.63, 3.8) is 0 Å². The van der Waals surface area contributed by atoms with Gasteiger partial charge in [-0.25, -0.2) is 9.37 Å². The minimum absolute atomic E-state index is 0. The van der Waals surface area contributed by atoms with Crippen LogP contribution in [0.2, 0.25) is 0 Å². The lowest BCUT2D eigenvalue weighted by Crippen LogP contribution is -2.43. The van der Waals surface area contributed by atoms with Gasteiger partial charge in [0.1, 0.15) is 5.82 Å². The summed E-state index contributed by atoms with van der Waals surface area (Å²) >= 11 is 0. The van der Waals surface area contributed by atoms with Gasteiger partial charge in [0.2, 0.25) is 5.91 Å². The van der Waals surface area contributed by atoms with Crippen LogP contribution in [-0.4, -0.2) is 41.3 Å². The highest BCUT2D eigenvalue weighted by molar-refractivity contribution is 5.91. The molecule has 132 valence electrons. The van der Waals surface area contributed by atoms with E-state index < -0.39 is 5.82 Å². The van der Waals surface area contributed by atoms with E-state index in [4.69, 9.17) is 4.74 Å². The largest absolute Gasteiger partial charge is 0.378 e. The van der Waals surface area contributed by atoms with E-state index in [2.05, 4.69) is 15.6 Å². The number of carbonyl (C=O) groups excluding carboxylic acids is 1. The second-order valence-electron chi connectivity index (χ2n) is 5.11. The fourth-order valence-electron chi connectivity index (χ4n) is 2.38. The zero-order valence-corrected chi connectivity index (χ0v) is 14.4. The van der Waals surface area contributed by atoms with Crippen molar-refractivity contribution in [1.29, 1.82) is 0 Å². The molecule has 6 nitrogen and oxygen atoms in total. The predicted octanol–water partition coefficient (Wildman–Crippen LogP) is 2.17. The van der Waals surface area contributed by atoms with Crippen molar-refractivity contribution in [3.05, 3.63) is 42.7 Å². The number of halogens is 3. The molecular formula is C15H19Cl2FN4O2. The highest BCUT2D eigenvalue weighted by Crippen LogP contribution is 2.18. The number of imidazole rings is 1. The number of ether oxygens (including phenoxy) is 1. The number of hydrogen-bond donors (Lipinski definition) is 2. The highest BCUT2D eigenvalue weighted by Gasteiger charge is 2.17. The van der Waals surface area contributed by atoms with Crippen LogP contribution >= 0.6 is 24.8 Å². The molecule has 1 aliphatic heterocycles. The molecule has 1 aromatic heterocycles. The number of carbonyl (C=O) groups is 1. The van der Waals surface area contributed by atoms with Gasteiger partial charge in [-0.1, -0.05) is 0 Å². The number of nitrogens with zero attached hydrogens (tertiary/aromatic N) is 2. The fourth-order valence-corrected chi connectivity index (χ4v) is 2.38. The smallest absolute Gasteiger partial charge is 0.226 e. The van der Waals surface area contributed by atoms with Crippen molar-refractivity contribution in [2.45, 2.75) is 12.5 Å². The molecule has 1 aliphatic rings. The molecule has 0 saturated carbocycles. The molecule has 24 heavy (non-hydrogen) atoms. The Hall–Kier alpha value is -1.67. The SMILES string of the molecule is Cl.Cl.O=C(CC1COCCN1)Nc1ccc(-n2ccnc2)c(F)c1. The molecule has 1 fully saturated rings. The summed E-state index contributed by atoms with van der Waals surface area (Å²) < 4.78 is 21.0. The normalized spacial score (nSPS) is 16.6. The van der Waals surface area contributed by atoms with Gasteiger partial charge >= 0.3 is 0 Å². The Labute approximate surface area is 151 Å². The zero-order valence-electron chi connectivity index (χ0n) is 12.8. The number of anilines is 1. The summed E-state index contributed by atoms with van der Waals surface area (Å²) in [6, 6.07) is 4.58. The summed E-state index contributed by atoms with van der Waals surface area (Å²) in [6.45, 7) is 1.92. The quantitative estimate of drug-likeness (QED) is 0.857. The monoisotopic (exact) mass is 376 g/mol. The lowest BCUT2D eigenvalue weighted by atomic mass is 10.2. The fraction of sp³-hybridized carbons (Fsp3) is 0.333. The number of aromatic nitrogens is 2. The van der Waals surface area contributed by atoms with Gasteiger partial charge in [0, 0.05) is 37.1 Å². The summed E-state index contributed by atoms with van der Waals surface area (Å²) in [6.07, 6.45) is 5.05. The van der Waals surface area contributed by atoms with Gasteiger partial charge in [0.05, 0.1) is 25.2 Å². The average molecular weight is 377 g/mol. The number of morpholine rings is 1. The van der Waals surface area contributed by atoms with Crippen LogP contribution in [0, 0.1) is 5.82 Å². The molecule has 3 rings (SSSR count). The van der Waals surface area contributed by atoms with Crippen molar-refractivity contribution in [1.82, 2.24) is 14.9 Å². The van der Waals surface area contributed by atoms with Crippen molar-refractivity contribution in [2.24, 2.45) is 0 Å².